The van der Waals surface area contributed by atoms with Gasteiger partial charge in [0.15, 0.2) is 11.5 Å². The van der Waals surface area contributed by atoms with Crippen molar-refractivity contribution in [2.75, 3.05) is 17.7 Å². The van der Waals surface area contributed by atoms with Crippen molar-refractivity contribution in [3.05, 3.63) is 76.6 Å². The fourth-order valence-corrected chi connectivity index (χ4v) is 3.88. The van der Waals surface area contributed by atoms with E-state index in [2.05, 4.69) is 4.74 Å². The van der Waals surface area contributed by atoms with Crippen LogP contribution in [-0.4, -0.2) is 43.0 Å². The number of carbonyl (C=O) groups excluding carboxylic acids is 2. The van der Waals surface area contributed by atoms with E-state index in [1.807, 2.05) is 5.32 Å². The van der Waals surface area contributed by atoms with Gasteiger partial charge in [0.1, 0.15) is 17.3 Å². The number of hydrogen-bond donors (Lipinski definition) is 3. The molecule has 0 saturated carbocycles. The minimum absolute atomic E-state index is 0.175. The van der Waals surface area contributed by atoms with Gasteiger partial charge < -0.3 is 25.2 Å². The average Bonchev–Trinajstić information content (AvgIpc) is 2.91. The average molecular weight is 682 g/mol. The van der Waals surface area contributed by atoms with Gasteiger partial charge in [-0.2, -0.15) is 48.3 Å². The van der Waals surface area contributed by atoms with Crippen molar-refractivity contribution < 1.29 is 81.2 Å². The second-order valence-corrected chi connectivity index (χ2v) is 8.89. The number of ether oxygens (including phenoxy) is 2. The summed E-state index contributed by atoms with van der Waals surface area (Å²) in [5.74, 6) is -8.61. The Morgan fingerprint density at radius 2 is 1.37 bits per heavy atom. The highest BCUT2D eigenvalue weighted by Crippen LogP contribution is 2.55. The number of para-hydroxylation sites is 1. The Balaban J connectivity index is 2.05. The first-order valence-corrected chi connectivity index (χ1v) is 11.8. The van der Waals surface area contributed by atoms with Gasteiger partial charge in [-0.1, -0.05) is 6.07 Å². The quantitative estimate of drug-likeness (QED) is 0.166. The SMILES string of the molecule is COc1c(NC(=O)c2cc(C(F)(F)F)ccc2F)cccc1C(=O)Nc1c(O)cc(C(F)(C(F)(F)F)C(F)(F)F)cc1OC(F)F. The smallest absolute Gasteiger partial charge is 0.435 e. The molecule has 2 amide bonds. The summed E-state index contributed by atoms with van der Waals surface area (Å²) in [7, 11) is 0.874. The standard InChI is InChI=1S/C26H15F13N2O5/c1-45-19-12(3-2-4-15(19)40-21(44)13-7-10(24(31,32)33)5-6-14(13)27)20(43)41-18-16(42)8-11(9-17(18)46-22(28)29)23(30,25(34,35)36)26(37,38)39/h2-9,22,42H,1H3,(H,40,44)(H,41,43). The molecule has 0 radical (unpaired) electrons. The molecule has 0 saturated heterocycles. The lowest BCUT2D eigenvalue weighted by Crippen LogP contribution is -2.50. The summed E-state index contributed by atoms with van der Waals surface area (Å²) < 4.78 is 182. The summed E-state index contributed by atoms with van der Waals surface area (Å²) in [6, 6.07) is 2.80. The van der Waals surface area contributed by atoms with Crippen LogP contribution in [-0.2, 0) is 11.8 Å². The van der Waals surface area contributed by atoms with Crippen LogP contribution < -0.4 is 20.1 Å². The fourth-order valence-electron chi connectivity index (χ4n) is 3.88. The van der Waals surface area contributed by atoms with Gasteiger partial charge in [-0.3, -0.25) is 9.59 Å². The predicted octanol–water partition coefficient (Wildman–Crippen LogP) is 7.95. The normalized spacial score (nSPS) is 12.6. The van der Waals surface area contributed by atoms with Crippen LogP contribution in [0.4, 0.5) is 68.5 Å². The van der Waals surface area contributed by atoms with E-state index in [1.165, 1.54) is 0 Å². The van der Waals surface area contributed by atoms with Crippen LogP contribution >= 0.6 is 0 Å². The Hall–Kier alpha value is -4.91. The Bertz CT molecular complexity index is 1620. The molecule has 250 valence electrons. The maximum atomic E-state index is 14.5. The van der Waals surface area contributed by atoms with Gasteiger partial charge in [0, 0.05) is 5.56 Å². The number of methoxy groups -OCH3 is 1. The van der Waals surface area contributed by atoms with Gasteiger partial charge >= 0.3 is 30.8 Å². The van der Waals surface area contributed by atoms with E-state index in [4.69, 9.17) is 4.74 Å². The Morgan fingerprint density at radius 3 is 1.89 bits per heavy atom. The van der Waals surface area contributed by atoms with Crippen molar-refractivity contribution in [3.8, 4) is 17.2 Å². The molecule has 0 aliphatic carbocycles. The third kappa shape index (κ3) is 6.99. The number of carbonyl (C=O) groups is 2. The molecule has 3 aromatic carbocycles. The zero-order chi connectivity index (χ0) is 35.0. The molecule has 0 aliphatic heterocycles. The van der Waals surface area contributed by atoms with Crippen LogP contribution in [0, 0.1) is 5.82 Å². The number of halogens is 13. The van der Waals surface area contributed by atoms with E-state index in [0.29, 0.717) is 12.1 Å². The number of rotatable bonds is 8. The minimum Gasteiger partial charge on any atom is -0.506 e. The third-order valence-corrected chi connectivity index (χ3v) is 5.97. The van der Waals surface area contributed by atoms with Crippen molar-refractivity contribution >= 4 is 23.2 Å². The summed E-state index contributed by atoms with van der Waals surface area (Å²) in [5.41, 5.74) is -13.7. The van der Waals surface area contributed by atoms with E-state index >= 15 is 0 Å². The number of hydrogen-bond acceptors (Lipinski definition) is 5. The van der Waals surface area contributed by atoms with Crippen LogP contribution in [0.15, 0.2) is 48.5 Å². The monoisotopic (exact) mass is 682 g/mol. The molecule has 0 atom stereocenters. The molecule has 46 heavy (non-hydrogen) atoms. The van der Waals surface area contributed by atoms with E-state index in [-0.39, 0.29) is 6.07 Å². The number of aromatic hydroxyl groups is 1. The molecule has 3 rings (SSSR count). The first-order valence-electron chi connectivity index (χ1n) is 11.8. The van der Waals surface area contributed by atoms with Gasteiger partial charge in [-0.15, -0.1) is 0 Å². The lowest BCUT2D eigenvalue weighted by atomic mass is 9.93. The second kappa shape index (κ2) is 12.5. The summed E-state index contributed by atoms with van der Waals surface area (Å²) >= 11 is 0. The molecule has 0 fully saturated rings. The number of phenols is 1. The maximum Gasteiger partial charge on any atom is 0.435 e. The molecule has 0 heterocycles. The number of nitrogens with one attached hydrogen (secondary N) is 2. The predicted molar refractivity (Wildman–Crippen MR) is 130 cm³/mol. The Labute approximate surface area is 247 Å². The molecule has 0 bridgehead atoms. The number of anilines is 2. The highest BCUT2D eigenvalue weighted by molar-refractivity contribution is 6.11. The van der Waals surface area contributed by atoms with Crippen molar-refractivity contribution in [2.24, 2.45) is 0 Å². The molecule has 3 aromatic rings. The van der Waals surface area contributed by atoms with Crippen molar-refractivity contribution in [1.29, 1.82) is 0 Å². The zero-order valence-corrected chi connectivity index (χ0v) is 22.2. The molecule has 0 unspecified atom stereocenters. The number of amides is 2. The van der Waals surface area contributed by atoms with Crippen molar-refractivity contribution in [1.82, 2.24) is 0 Å². The molecule has 0 aliphatic rings. The summed E-state index contributed by atoms with van der Waals surface area (Å²) in [6.07, 6.45) is -18.4. The lowest BCUT2D eigenvalue weighted by molar-refractivity contribution is -0.348. The van der Waals surface area contributed by atoms with Crippen LogP contribution in [0.2, 0.25) is 0 Å². The van der Waals surface area contributed by atoms with Gasteiger partial charge in [0.2, 0.25) is 0 Å². The number of benzene rings is 3. The minimum atomic E-state index is -6.72. The van der Waals surface area contributed by atoms with Crippen LogP contribution in [0.3, 0.4) is 0 Å². The largest absolute Gasteiger partial charge is 0.506 e. The molecule has 0 aromatic heterocycles. The highest BCUT2D eigenvalue weighted by Gasteiger charge is 2.73. The third-order valence-electron chi connectivity index (χ3n) is 5.97. The Kier molecular flexibility index (Phi) is 9.64. The number of alkyl halides is 12. The first kappa shape index (κ1) is 35.6. The summed E-state index contributed by atoms with van der Waals surface area (Å²) in [5, 5.41) is 13.8. The lowest BCUT2D eigenvalue weighted by Gasteiger charge is -2.31. The molecular weight excluding hydrogens is 667 g/mol. The molecule has 7 nitrogen and oxygen atoms in total. The van der Waals surface area contributed by atoms with E-state index in [9.17, 15) is 71.8 Å². The van der Waals surface area contributed by atoms with Gasteiger partial charge in [0.25, 0.3) is 11.8 Å². The van der Waals surface area contributed by atoms with Crippen LogP contribution in [0.1, 0.15) is 31.8 Å². The van der Waals surface area contributed by atoms with Crippen molar-refractivity contribution in [3.63, 3.8) is 0 Å². The van der Waals surface area contributed by atoms with Crippen molar-refractivity contribution in [2.45, 2.75) is 30.8 Å². The van der Waals surface area contributed by atoms with Gasteiger partial charge in [0.05, 0.1) is 29.5 Å². The highest BCUT2D eigenvalue weighted by atomic mass is 19.4. The van der Waals surface area contributed by atoms with Crippen LogP contribution in [0.5, 0.6) is 17.2 Å². The second-order valence-electron chi connectivity index (χ2n) is 8.89. The van der Waals surface area contributed by atoms with E-state index in [0.717, 1.165) is 25.3 Å². The molecule has 3 N–H and O–H groups in total. The molecular formula is C26H15F13N2O5. The topological polar surface area (TPSA) is 96.9 Å². The fraction of sp³-hybridized carbons (Fsp3) is 0.231. The number of phenolic OH excluding ortho intramolecular Hbond substituents is 1. The Morgan fingerprint density at radius 1 is 0.783 bits per heavy atom. The first-order chi connectivity index (χ1) is 21.0. The summed E-state index contributed by atoms with van der Waals surface area (Å²) in [6.45, 7) is -4.00. The van der Waals surface area contributed by atoms with E-state index in [1.54, 1.807) is 5.32 Å². The molecule has 0 spiro atoms. The van der Waals surface area contributed by atoms with E-state index < -0.39 is 111 Å². The van der Waals surface area contributed by atoms with Gasteiger partial charge in [-0.25, -0.2) is 8.78 Å². The maximum absolute atomic E-state index is 14.5. The van der Waals surface area contributed by atoms with Gasteiger partial charge in [-0.05, 0) is 42.5 Å². The summed E-state index contributed by atoms with van der Waals surface area (Å²) in [4.78, 5) is 25.6. The van der Waals surface area contributed by atoms with Crippen LogP contribution in [0.25, 0.3) is 0 Å². The molecule has 20 heteroatoms. The zero-order valence-electron chi connectivity index (χ0n) is 22.2.